The molecule has 36 heavy (non-hydrogen) atoms. The number of piperidine rings is 2. The standard InChI is InChI=1S/C25H33F3N4O4/c26-25(27,28)20-2-1-19(15-21(20)32-13-7-22(33)30-24(32)35)23(34)31-11-5-18(6-12-31)16-36-14-8-17-3-9-29-10-4-17/h1-2,15,17-18,29H,3-14,16H2,(H,30,33,35). The van der Waals surface area contributed by atoms with Crippen molar-refractivity contribution in [3.8, 4) is 0 Å². The van der Waals surface area contributed by atoms with Crippen molar-refractivity contribution in [2.75, 3.05) is 50.8 Å². The van der Waals surface area contributed by atoms with Crippen LogP contribution < -0.4 is 15.5 Å². The van der Waals surface area contributed by atoms with Crippen LogP contribution in [0.15, 0.2) is 18.2 Å². The van der Waals surface area contributed by atoms with Crippen molar-refractivity contribution in [2.45, 2.75) is 44.7 Å². The number of amides is 4. The Kier molecular flexibility index (Phi) is 8.50. The molecule has 3 fully saturated rings. The zero-order valence-electron chi connectivity index (χ0n) is 20.2. The Balaban J connectivity index is 1.33. The van der Waals surface area contributed by atoms with Crippen molar-refractivity contribution >= 4 is 23.5 Å². The number of anilines is 1. The Labute approximate surface area is 208 Å². The normalized spacial score (nSPS) is 20.5. The average molecular weight is 511 g/mol. The highest BCUT2D eigenvalue weighted by molar-refractivity contribution is 6.06. The quantitative estimate of drug-likeness (QED) is 0.549. The third-order valence-electron chi connectivity index (χ3n) is 7.28. The fraction of sp³-hybridized carbons (Fsp3) is 0.640. The highest BCUT2D eigenvalue weighted by Crippen LogP contribution is 2.38. The lowest BCUT2D eigenvalue weighted by molar-refractivity contribution is -0.137. The van der Waals surface area contributed by atoms with Gasteiger partial charge in [0.25, 0.3) is 5.91 Å². The van der Waals surface area contributed by atoms with Crippen LogP contribution in [0.1, 0.15) is 54.4 Å². The third-order valence-corrected chi connectivity index (χ3v) is 7.28. The van der Waals surface area contributed by atoms with Gasteiger partial charge in [-0.15, -0.1) is 0 Å². The highest BCUT2D eigenvalue weighted by Gasteiger charge is 2.38. The van der Waals surface area contributed by atoms with E-state index in [0.717, 1.165) is 68.0 Å². The van der Waals surface area contributed by atoms with Gasteiger partial charge in [0, 0.05) is 44.8 Å². The van der Waals surface area contributed by atoms with Crippen LogP contribution in [0, 0.1) is 11.8 Å². The first-order valence-corrected chi connectivity index (χ1v) is 12.6. The molecular formula is C25H33F3N4O4. The minimum atomic E-state index is -4.72. The first-order valence-electron chi connectivity index (χ1n) is 12.6. The van der Waals surface area contributed by atoms with Crippen molar-refractivity contribution < 1.29 is 32.3 Å². The number of urea groups is 1. The lowest BCUT2D eigenvalue weighted by Crippen LogP contribution is -2.50. The second-order valence-corrected chi connectivity index (χ2v) is 9.78. The van der Waals surface area contributed by atoms with Crippen LogP contribution in [0.4, 0.5) is 23.7 Å². The molecule has 2 N–H and O–H groups in total. The maximum atomic E-state index is 13.6. The summed E-state index contributed by atoms with van der Waals surface area (Å²) in [5.41, 5.74) is -1.36. The first kappa shape index (κ1) is 26.4. The number of hydrogen-bond acceptors (Lipinski definition) is 5. The molecule has 1 aromatic carbocycles. The first-order chi connectivity index (χ1) is 17.2. The molecule has 1 aromatic rings. The maximum absolute atomic E-state index is 13.6. The van der Waals surface area contributed by atoms with Gasteiger partial charge < -0.3 is 15.0 Å². The predicted octanol–water partition coefficient (Wildman–Crippen LogP) is 3.41. The van der Waals surface area contributed by atoms with Crippen LogP contribution in [0.2, 0.25) is 0 Å². The van der Waals surface area contributed by atoms with Crippen molar-refractivity contribution in [1.82, 2.24) is 15.5 Å². The van der Waals surface area contributed by atoms with Crippen molar-refractivity contribution in [2.24, 2.45) is 11.8 Å². The summed E-state index contributed by atoms with van der Waals surface area (Å²) < 4.78 is 46.8. The van der Waals surface area contributed by atoms with E-state index in [1.54, 1.807) is 4.90 Å². The molecule has 3 saturated heterocycles. The van der Waals surface area contributed by atoms with Crippen LogP contribution in [-0.4, -0.2) is 68.7 Å². The van der Waals surface area contributed by atoms with Gasteiger partial charge in [0.1, 0.15) is 0 Å². The summed E-state index contributed by atoms with van der Waals surface area (Å²) in [7, 11) is 0. The smallest absolute Gasteiger partial charge is 0.381 e. The predicted molar refractivity (Wildman–Crippen MR) is 127 cm³/mol. The van der Waals surface area contributed by atoms with E-state index in [0.29, 0.717) is 25.6 Å². The summed E-state index contributed by atoms with van der Waals surface area (Å²) >= 11 is 0. The average Bonchev–Trinajstić information content (AvgIpc) is 2.86. The Morgan fingerprint density at radius 2 is 1.75 bits per heavy atom. The molecular weight excluding hydrogens is 477 g/mol. The summed E-state index contributed by atoms with van der Waals surface area (Å²) in [5, 5.41) is 5.39. The second-order valence-electron chi connectivity index (χ2n) is 9.78. The molecule has 4 rings (SSSR count). The highest BCUT2D eigenvalue weighted by atomic mass is 19.4. The SMILES string of the molecule is O=C1CCN(c2cc(C(=O)N3CCC(COCCC4CCNCC4)CC3)ccc2C(F)(F)F)C(=O)N1. The van der Waals surface area contributed by atoms with Crippen LogP contribution in [0.5, 0.6) is 0 Å². The van der Waals surface area contributed by atoms with Gasteiger partial charge in [-0.3, -0.25) is 19.8 Å². The summed E-state index contributed by atoms with van der Waals surface area (Å²) in [4.78, 5) is 39.3. The van der Waals surface area contributed by atoms with Crippen LogP contribution >= 0.6 is 0 Å². The monoisotopic (exact) mass is 510 g/mol. The van der Waals surface area contributed by atoms with Crippen molar-refractivity contribution in [1.29, 1.82) is 0 Å². The summed E-state index contributed by atoms with van der Waals surface area (Å²) in [6, 6.07) is 2.16. The molecule has 11 heteroatoms. The van der Waals surface area contributed by atoms with Crippen LogP contribution in [-0.2, 0) is 15.7 Å². The van der Waals surface area contributed by atoms with Crippen molar-refractivity contribution in [3.05, 3.63) is 29.3 Å². The van der Waals surface area contributed by atoms with Gasteiger partial charge >= 0.3 is 12.2 Å². The second kappa shape index (κ2) is 11.6. The number of nitrogens with zero attached hydrogens (tertiary/aromatic N) is 2. The van der Waals surface area contributed by atoms with Gasteiger partial charge in [-0.05, 0) is 75.2 Å². The molecule has 0 atom stereocenters. The number of likely N-dealkylation sites (tertiary alicyclic amines) is 1. The lowest BCUT2D eigenvalue weighted by atomic mass is 9.95. The number of hydrogen-bond donors (Lipinski definition) is 2. The zero-order chi connectivity index (χ0) is 25.7. The molecule has 4 amide bonds. The molecule has 3 aliphatic heterocycles. The van der Waals surface area contributed by atoms with E-state index in [4.69, 9.17) is 4.74 Å². The molecule has 8 nitrogen and oxygen atoms in total. The van der Waals surface area contributed by atoms with E-state index >= 15 is 0 Å². The van der Waals surface area contributed by atoms with E-state index in [-0.39, 0.29) is 24.4 Å². The lowest BCUT2D eigenvalue weighted by Gasteiger charge is -2.33. The summed E-state index contributed by atoms with van der Waals surface area (Å²) in [6.07, 6.45) is 0.149. The van der Waals surface area contributed by atoms with Crippen LogP contribution in [0.3, 0.4) is 0 Å². The van der Waals surface area contributed by atoms with Gasteiger partial charge in [-0.25, -0.2) is 4.79 Å². The van der Waals surface area contributed by atoms with Crippen LogP contribution in [0.25, 0.3) is 0 Å². The molecule has 0 saturated carbocycles. The van der Waals surface area contributed by atoms with Gasteiger partial charge in [0.15, 0.2) is 0 Å². The third kappa shape index (κ3) is 6.56. The van der Waals surface area contributed by atoms with E-state index in [2.05, 4.69) is 5.32 Å². The zero-order valence-corrected chi connectivity index (χ0v) is 20.2. The van der Waals surface area contributed by atoms with E-state index < -0.39 is 29.4 Å². The van der Waals surface area contributed by atoms with Gasteiger partial charge in [-0.1, -0.05) is 0 Å². The topological polar surface area (TPSA) is 91.0 Å². The van der Waals surface area contributed by atoms with Gasteiger partial charge in [-0.2, -0.15) is 13.2 Å². The van der Waals surface area contributed by atoms with Crippen molar-refractivity contribution in [3.63, 3.8) is 0 Å². The molecule has 0 aliphatic carbocycles. The molecule has 0 bridgehead atoms. The number of benzene rings is 1. The molecule has 0 unspecified atom stereocenters. The Morgan fingerprint density at radius 1 is 1.03 bits per heavy atom. The maximum Gasteiger partial charge on any atom is 0.418 e. The number of alkyl halides is 3. The summed E-state index contributed by atoms with van der Waals surface area (Å²) in [5.74, 6) is 0.148. The minimum absolute atomic E-state index is 0.0828. The van der Waals surface area contributed by atoms with Gasteiger partial charge in [0.05, 0.1) is 11.3 Å². The Hall–Kier alpha value is -2.66. The minimum Gasteiger partial charge on any atom is -0.381 e. The molecule has 0 spiro atoms. The number of nitrogens with one attached hydrogen (secondary N) is 2. The summed E-state index contributed by atoms with van der Waals surface area (Å²) in [6.45, 7) is 4.35. The Morgan fingerprint density at radius 3 is 2.42 bits per heavy atom. The molecule has 3 aliphatic rings. The number of rotatable bonds is 7. The molecule has 0 aromatic heterocycles. The molecule has 3 heterocycles. The van der Waals surface area contributed by atoms with E-state index in [1.807, 2.05) is 5.32 Å². The number of carbonyl (C=O) groups is 3. The fourth-order valence-corrected chi connectivity index (χ4v) is 5.08. The number of ether oxygens (including phenoxy) is 1. The van der Waals surface area contributed by atoms with E-state index in [9.17, 15) is 27.6 Å². The molecule has 0 radical (unpaired) electrons. The number of imide groups is 1. The van der Waals surface area contributed by atoms with Gasteiger partial charge in [0.2, 0.25) is 5.91 Å². The molecule has 198 valence electrons. The number of carbonyl (C=O) groups excluding carboxylic acids is 3. The largest absolute Gasteiger partial charge is 0.418 e. The fourth-order valence-electron chi connectivity index (χ4n) is 5.08. The van der Waals surface area contributed by atoms with E-state index in [1.165, 1.54) is 12.8 Å². The Bertz CT molecular complexity index is 957. The number of halogens is 3.